The monoisotopic (exact) mass is 379 g/mol. The number of anilines is 2. The Morgan fingerprint density at radius 3 is 2.17 bits per heavy atom. The van der Waals surface area contributed by atoms with Gasteiger partial charge in [0, 0.05) is 11.3 Å². The van der Waals surface area contributed by atoms with Gasteiger partial charge >= 0.3 is 0 Å². The normalized spacial score (nSPS) is 10.8. The van der Waals surface area contributed by atoms with Crippen molar-refractivity contribution in [2.24, 2.45) is 0 Å². The van der Waals surface area contributed by atoms with Crippen molar-refractivity contribution in [2.45, 2.75) is 0 Å². The van der Waals surface area contributed by atoms with E-state index < -0.39 is 0 Å². The summed E-state index contributed by atoms with van der Waals surface area (Å²) in [5, 5.41) is 11.7. The summed E-state index contributed by atoms with van der Waals surface area (Å²) in [6.45, 7) is 0. The van der Waals surface area contributed by atoms with Gasteiger partial charge in [-0.05, 0) is 48.5 Å². The molecule has 0 fully saturated rings. The number of H-pyrrole nitrogens is 1. The van der Waals surface area contributed by atoms with Crippen molar-refractivity contribution < 1.29 is 4.74 Å². The zero-order valence-corrected chi connectivity index (χ0v) is 15.4. The van der Waals surface area contributed by atoms with Crippen LogP contribution in [0, 0.1) is 0 Å². The highest BCUT2D eigenvalue weighted by Crippen LogP contribution is 2.32. The van der Waals surface area contributed by atoms with Gasteiger partial charge in [0.2, 0.25) is 0 Å². The lowest BCUT2D eigenvalue weighted by Crippen LogP contribution is -1.95. The number of aromatic amines is 1. The molecule has 0 saturated heterocycles. The third kappa shape index (κ3) is 3.51. The molecule has 0 aliphatic rings. The molecule has 0 radical (unpaired) electrons. The van der Waals surface area contributed by atoms with E-state index in [0.29, 0.717) is 11.5 Å². The second kappa shape index (κ2) is 7.44. The van der Waals surface area contributed by atoms with Gasteiger partial charge < -0.3 is 10.1 Å². The molecule has 0 atom stereocenters. The van der Waals surface area contributed by atoms with Gasteiger partial charge in [-0.1, -0.05) is 36.4 Å². The molecule has 0 saturated carbocycles. The maximum absolute atomic E-state index is 5.88. The number of fused-ring (bicyclic) bond motifs is 1. The Morgan fingerprint density at radius 1 is 0.724 bits per heavy atom. The number of benzene rings is 3. The molecule has 3 aromatic carbocycles. The number of ether oxygens (including phenoxy) is 1. The van der Waals surface area contributed by atoms with Crippen LogP contribution in [0.5, 0.6) is 11.5 Å². The molecule has 0 aliphatic heterocycles. The Morgan fingerprint density at radius 2 is 1.41 bits per heavy atom. The highest BCUT2D eigenvalue weighted by Gasteiger charge is 2.15. The van der Waals surface area contributed by atoms with Gasteiger partial charge in [0.05, 0.1) is 5.39 Å². The van der Waals surface area contributed by atoms with E-state index in [1.165, 1.54) is 6.33 Å². The fourth-order valence-corrected chi connectivity index (χ4v) is 3.13. The summed E-state index contributed by atoms with van der Waals surface area (Å²) >= 11 is 0. The minimum atomic E-state index is 0.679. The summed E-state index contributed by atoms with van der Waals surface area (Å²) in [7, 11) is 0. The third-order valence-corrected chi connectivity index (χ3v) is 4.50. The van der Waals surface area contributed by atoms with Crippen LogP contribution in [0.4, 0.5) is 11.5 Å². The molecular weight excluding hydrogens is 362 g/mol. The van der Waals surface area contributed by atoms with Crippen molar-refractivity contribution >= 4 is 22.5 Å². The molecule has 0 amide bonds. The molecule has 6 heteroatoms. The van der Waals surface area contributed by atoms with E-state index in [9.17, 15) is 0 Å². The zero-order valence-electron chi connectivity index (χ0n) is 15.4. The highest BCUT2D eigenvalue weighted by atomic mass is 16.5. The zero-order chi connectivity index (χ0) is 19.5. The summed E-state index contributed by atoms with van der Waals surface area (Å²) in [6, 6.07) is 27.4. The molecule has 140 valence electrons. The van der Waals surface area contributed by atoms with Gasteiger partial charge in [-0.3, -0.25) is 5.10 Å². The first-order valence-corrected chi connectivity index (χ1v) is 9.21. The van der Waals surface area contributed by atoms with Crippen LogP contribution in [-0.2, 0) is 0 Å². The van der Waals surface area contributed by atoms with E-state index >= 15 is 0 Å². The van der Waals surface area contributed by atoms with Crippen molar-refractivity contribution in [3.63, 3.8) is 0 Å². The predicted molar refractivity (Wildman–Crippen MR) is 113 cm³/mol. The number of aromatic nitrogens is 4. The summed E-state index contributed by atoms with van der Waals surface area (Å²) in [5.41, 5.74) is 3.36. The minimum Gasteiger partial charge on any atom is -0.457 e. The average molecular weight is 379 g/mol. The van der Waals surface area contributed by atoms with Gasteiger partial charge in [0.15, 0.2) is 5.65 Å². The standard InChI is InChI=1S/C23H17N5O/c1-3-7-17(8-4-1)26-22-20-21(27-28-23(20)25-15-24-22)16-11-13-19(14-12-16)29-18-9-5-2-6-10-18/h1-15H,(H2,24,25,26,27,28). The summed E-state index contributed by atoms with van der Waals surface area (Å²) in [6.07, 6.45) is 1.52. The smallest absolute Gasteiger partial charge is 0.161 e. The molecule has 29 heavy (non-hydrogen) atoms. The van der Waals surface area contributed by atoms with Crippen LogP contribution in [0.2, 0.25) is 0 Å². The molecule has 6 nitrogen and oxygen atoms in total. The van der Waals surface area contributed by atoms with Crippen LogP contribution in [0.25, 0.3) is 22.3 Å². The van der Waals surface area contributed by atoms with Crippen LogP contribution in [0.1, 0.15) is 0 Å². The Balaban J connectivity index is 1.48. The van der Waals surface area contributed by atoms with Gasteiger partial charge in [-0.2, -0.15) is 5.10 Å². The third-order valence-electron chi connectivity index (χ3n) is 4.50. The number of para-hydroxylation sites is 2. The first-order chi connectivity index (χ1) is 14.4. The van der Waals surface area contributed by atoms with Crippen molar-refractivity contribution in [3.8, 4) is 22.8 Å². The van der Waals surface area contributed by atoms with E-state index in [-0.39, 0.29) is 0 Å². The van der Waals surface area contributed by atoms with Crippen LogP contribution < -0.4 is 10.1 Å². The lowest BCUT2D eigenvalue weighted by Gasteiger charge is -2.08. The van der Waals surface area contributed by atoms with Crippen LogP contribution in [-0.4, -0.2) is 20.2 Å². The van der Waals surface area contributed by atoms with Crippen molar-refractivity contribution in [3.05, 3.63) is 91.3 Å². The number of nitrogens with one attached hydrogen (secondary N) is 2. The fraction of sp³-hybridized carbons (Fsp3) is 0. The largest absolute Gasteiger partial charge is 0.457 e. The van der Waals surface area contributed by atoms with Crippen molar-refractivity contribution in [2.75, 3.05) is 5.32 Å². The van der Waals surface area contributed by atoms with Crippen LogP contribution in [0.3, 0.4) is 0 Å². The van der Waals surface area contributed by atoms with E-state index in [1.807, 2.05) is 84.9 Å². The molecule has 2 N–H and O–H groups in total. The molecule has 0 spiro atoms. The SMILES string of the molecule is c1ccc(Nc2ncnc3[nH]nc(-c4ccc(Oc5ccccc5)cc4)c23)cc1. The molecule has 0 aliphatic carbocycles. The van der Waals surface area contributed by atoms with Gasteiger partial charge in [-0.15, -0.1) is 0 Å². The molecule has 0 unspecified atom stereocenters. The maximum atomic E-state index is 5.88. The average Bonchev–Trinajstić information content (AvgIpc) is 3.21. The Bertz CT molecular complexity index is 1240. The van der Waals surface area contributed by atoms with Gasteiger partial charge in [-0.25, -0.2) is 9.97 Å². The number of nitrogens with zero attached hydrogens (tertiary/aromatic N) is 3. The van der Waals surface area contributed by atoms with E-state index in [2.05, 4.69) is 25.5 Å². The number of hydrogen-bond donors (Lipinski definition) is 2. The quantitative estimate of drug-likeness (QED) is 0.418. The second-order valence-electron chi connectivity index (χ2n) is 6.45. The summed E-state index contributed by atoms with van der Waals surface area (Å²) < 4.78 is 5.88. The first kappa shape index (κ1) is 16.9. The maximum Gasteiger partial charge on any atom is 0.161 e. The van der Waals surface area contributed by atoms with E-state index in [4.69, 9.17) is 4.74 Å². The van der Waals surface area contributed by atoms with Crippen LogP contribution >= 0.6 is 0 Å². The predicted octanol–water partition coefficient (Wildman–Crippen LogP) is 5.56. The molecule has 5 rings (SSSR count). The lowest BCUT2D eigenvalue weighted by molar-refractivity contribution is 0.483. The summed E-state index contributed by atoms with van der Waals surface area (Å²) in [5.74, 6) is 2.27. The molecule has 2 heterocycles. The Labute approximate surface area is 167 Å². The number of hydrogen-bond acceptors (Lipinski definition) is 5. The van der Waals surface area contributed by atoms with Crippen molar-refractivity contribution in [1.82, 2.24) is 20.2 Å². The number of rotatable bonds is 5. The summed E-state index contributed by atoms with van der Waals surface area (Å²) in [4.78, 5) is 8.74. The van der Waals surface area contributed by atoms with Crippen molar-refractivity contribution in [1.29, 1.82) is 0 Å². The fourth-order valence-electron chi connectivity index (χ4n) is 3.13. The highest BCUT2D eigenvalue weighted by molar-refractivity contribution is 5.99. The van der Waals surface area contributed by atoms with E-state index in [1.54, 1.807) is 0 Å². The van der Waals surface area contributed by atoms with Gasteiger partial charge in [0.25, 0.3) is 0 Å². The second-order valence-corrected chi connectivity index (χ2v) is 6.45. The Hall–Kier alpha value is -4.19. The molecule has 5 aromatic rings. The molecular formula is C23H17N5O. The molecule has 2 aromatic heterocycles. The lowest BCUT2D eigenvalue weighted by atomic mass is 10.1. The van der Waals surface area contributed by atoms with Crippen LogP contribution in [0.15, 0.2) is 91.3 Å². The van der Waals surface area contributed by atoms with Gasteiger partial charge in [0.1, 0.15) is 29.3 Å². The van der Waals surface area contributed by atoms with E-state index in [0.717, 1.165) is 33.8 Å². The Kier molecular flexibility index (Phi) is 4.35. The minimum absolute atomic E-state index is 0.679. The molecule has 0 bridgehead atoms. The first-order valence-electron chi connectivity index (χ1n) is 9.21. The topological polar surface area (TPSA) is 75.7 Å².